The fraction of sp³-hybridized carbons (Fsp3) is 0. The van der Waals surface area contributed by atoms with Gasteiger partial charge in [-0.3, -0.25) is 14.4 Å². The van der Waals surface area contributed by atoms with E-state index in [1.807, 2.05) is 0 Å². The first kappa shape index (κ1) is 16.8. The highest BCUT2D eigenvalue weighted by Crippen LogP contribution is 2.29. The molecule has 0 bridgehead atoms. The summed E-state index contributed by atoms with van der Waals surface area (Å²) in [5.74, 6) is -2.39. The first-order chi connectivity index (χ1) is 10.9. The molecule has 0 aliphatic rings. The van der Waals surface area contributed by atoms with E-state index in [1.54, 1.807) is 12.1 Å². The zero-order valence-corrected chi connectivity index (χ0v) is 13.1. The highest BCUT2D eigenvalue weighted by Gasteiger charge is 2.16. The smallest absolute Gasteiger partial charge is 0.314 e. The number of anilines is 2. The molecule has 2 aromatic rings. The maximum absolute atomic E-state index is 11.9. The van der Waals surface area contributed by atoms with E-state index >= 15 is 0 Å². The van der Waals surface area contributed by atoms with Gasteiger partial charge in [-0.25, -0.2) is 0 Å². The van der Waals surface area contributed by atoms with Crippen LogP contribution in [-0.2, 0) is 9.59 Å². The van der Waals surface area contributed by atoms with Crippen molar-refractivity contribution in [2.75, 3.05) is 10.6 Å². The van der Waals surface area contributed by atoms with Gasteiger partial charge in [0.05, 0.1) is 15.7 Å². The molecule has 0 fully saturated rings. The maximum atomic E-state index is 11.9. The Morgan fingerprint density at radius 3 is 2.09 bits per heavy atom. The molecule has 0 aliphatic carbocycles. The van der Waals surface area contributed by atoms with Crippen LogP contribution in [0, 0.1) is 0 Å². The number of nitrogens with two attached hydrogens (primary N) is 1. The minimum atomic E-state index is -0.909. The van der Waals surface area contributed by atoms with Crippen LogP contribution in [0.4, 0.5) is 11.4 Å². The fourth-order valence-corrected chi connectivity index (χ4v) is 2.03. The SMILES string of the molecule is NC(=O)c1ccc(NC(=O)C(=O)Nc2cccc(Cl)c2Cl)cc1. The molecular weight excluding hydrogens is 341 g/mol. The fourth-order valence-electron chi connectivity index (χ4n) is 1.69. The van der Waals surface area contributed by atoms with Crippen LogP contribution in [0.25, 0.3) is 0 Å². The highest BCUT2D eigenvalue weighted by atomic mass is 35.5. The number of carbonyl (C=O) groups excluding carboxylic acids is 3. The molecule has 0 heterocycles. The Morgan fingerprint density at radius 1 is 0.870 bits per heavy atom. The van der Waals surface area contributed by atoms with Gasteiger partial charge in [0.15, 0.2) is 0 Å². The molecule has 0 spiro atoms. The Kier molecular flexibility index (Phi) is 5.20. The molecule has 0 aliphatic heterocycles. The Morgan fingerprint density at radius 2 is 1.48 bits per heavy atom. The van der Waals surface area contributed by atoms with Crippen molar-refractivity contribution in [1.29, 1.82) is 0 Å². The van der Waals surface area contributed by atoms with Crippen molar-refractivity contribution < 1.29 is 14.4 Å². The number of benzene rings is 2. The Balaban J connectivity index is 2.04. The lowest BCUT2D eigenvalue weighted by Crippen LogP contribution is -2.29. The molecule has 4 N–H and O–H groups in total. The van der Waals surface area contributed by atoms with Crippen LogP contribution in [0.1, 0.15) is 10.4 Å². The van der Waals surface area contributed by atoms with Gasteiger partial charge >= 0.3 is 11.8 Å². The van der Waals surface area contributed by atoms with E-state index in [0.717, 1.165) is 0 Å². The topological polar surface area (TPSA) is 101 Å². The van der Waals surface area contributed by atoms with Crippen molar-refractivity contribution in [3.63, 3.8) is 0 Å². The van der Waals surface area contributed by atoms with E-state index in [4.69, 9.17) is 28.9 Å². The molecule has 2 rings (SSSR count). The monoisotopic (exact) mass is 351 g/mol. The third-order valence-corrected chi connectivity index (χ3v) is 3.65. The zero-order chi connectivity index (χ0) is 17.0. The lowest BCUT2D eigenvalue weighted by Gasteiger charge is -2.09. The van der Waals surface area contributed by atoms with Crippen LogP contribution in [0.5, 0.6) is 0 Å². The molecule has 23 heavy (non-hydrogen) atoms. The lowest BCUT2D eigenvalue weighted by atomic mass is 10.2. The Hall–Kier alpha value is -2.57. The minimum absolute atomic E-state index is 0.140. The Labute approximate surface area is 141 Å². The van der Waals surface area contributed by atoms with Crippen LogP contribution in [0.15, 0.2) is 42.5 Å². The number of rotatable bonds is 3. The van der Waals surface area contributed by atoms with E-state index in [-0.39, 0.29) is 21.3 Å². The van der Waals surface area contributed by atoms with Gasteiger partial charge in [0.1, 0.15) is 0 Å². The van der Waals surface area contributed by atoms with Gasteiger partial charge in [0.25, 0.3) is 0 Å². The van der Waals surface area contributed by atoms with Crippen LogP contribution >= 0.6 is 23.2 Å². The second kappa shape index (κ2) is 7.13. The van der Waals surface area contributed by atoms with Gasteiger partial charge in [-0.05, 0) is 36.4 Å². The summed E-state index contributed by atoms with van der Waals surface area (Å²) in [7, 11) is 0. The average molecular weight is 352 g/mol. The van der Waals surface area contributed by atoms with Gasteiger partial charge in [-0.2, -0.15) is 0 Å². The van der Waals surface area contributed by atoms with Gasteiger partial charge < -0.3 is 16.4 Å². The van der Waals surface area contributed by atoms with Crippen molar-refractivity contribution in [3.05, 3.63) is 58.1 Å². The molecule has 6 nitrogen and oxygen atoms in total. The van der Waals surface area contributed by atoms with Crippen LogP contribution < -0.4 is 16.4 Å². The van der Waals surface area contributed by atoms with E-state index in [0.29, 0.717) is 5.69 Å². The second-order valence-electron chi connectivity index (χ2n) is 4.45. The van der Waals surface area contributed by atoms with E-state index < -0.39 is 17.7 Å². The Bertz CT molecular complexity index is 776. The number of primary amides is 1. The molecule has 0 saturated carbocycles. The van der Waals surface area contributed by atoms with Gasteiger partial charge in [0.2, 0.25) is 5.91 Å². The van der Waals surface area contributed by atoms with Gasteiger partial charge in [-0.1, -0.05) is 29.3 Å². The zero-order valence-electron chi connectivity index (χ0n) is 11.6. The van der Waals surface area contributed by atoms with Crippen LogP contribution in [-0.4, -0.2) is 17.7 Å². The van der Waals surface area contributed by atoms with Crippen molar-refractivity contribution in [1.82, 2.24) is 0 Å². The molecule has 8 heteroatoms. The average Bonchev–Trinajstić information content (AvgIpc) is 2.52. The number of hydrogen-bond acceptors (Lipinski definition) is 3. The normalized spacial score (nSPS) is 10.0. The summed E-state index contributed by atoms with van der Waals surface area (Å²) in [4.78, 5) is 34.7. The molecule has 0 atom stereocenters. The van der Waals surface area contributed by atoms with E-state index in [1.165, 1.54) is 30.3 Å². The summed E-state index contributed by atoms with van der Waals surface area (Å²) in [6, 6.07) is 10.4. The molecular formula is C15H11Cl2N3O3. The first-order valence-electron chi connectivity index (χ1n) is 6.34. The third-order valence-electron chi connectivity index (χ3n) is 2.83. The number of halogens is 2. The highest BCUT2D eigenvalue weighted by molar-refractivity contribution is 6.47. The minimum Gasteiger partial charge on any atom is -0.366 e. The standard InChI is InChI=1S/C15H11Cl2N3O3/c16-10-2-1-3-11(12(10)17)20-15(23)14(22)19-9-6-4-8(5-7-9)13(18)21/h1-7H,(H2,18,21)(H,19,22)(H,20,23). The van der Waals surface area contributed by atoms with Crippen LogP contribution in [0.3, 0.4) is 0 Å². The summed E-state index contributed by atoms with van der Waals surface area (Å²) in [6.45, 7) is 0. The maximum Gasteiger partial charge on any atom is 0.314 e. The van der Waals surface area contributed by atoms with Crippen molar-refractivity contribution in [2.24, 2.45) is 5.73 Å². The third kappa shape index (κ3) is 4.21. The number of amides is 3. The van der Waals surface area contributed by atoms with Crippen molar-refractivity contribution >= 4 is 52.3 Å². The lowest BCUT2D eigenvalue weighted by molar-refractivity contribution is -0.132. The first-order valence-corrected chi connectivity index (χ1v) is 7.10. The van der Waals surface area contributed by atoms with Gasteiger partial charge in [0, 0.05) is 11.3 Å². The van der Waals surface area contributed by atoms with E-state index in [2.05, 4.69) is 10.6 Å². The predicted octanol–water partition coefficient (Wildman–Crippen LogP) is 2.67. The number of nitrogens with one attached hydrogen (secondary N) is 2. The summed E-state index contributed by atoms with van der Waals surface area (Å²) in [6.07, 6.45) is 0. The van der Waals surface area contributed by atoms with Crippen LogP contribution in [0.2, 0.25) is 10.0 Å². The summed E-state index contributed by atoms with van der Waals surface area (Å²) in [5, 5.41) is 5.14. The summed E-state index contributed by atoms with van der Waals surface area (Å²) >= 11 is 11.8. The molecule has 0 radical (unpaired) electrons. The second-order valence-corrected chi connectivity index (χ2v) is 5.24. The number of hydrogen-bond donors (Lipinski definition) is 3. The van der Waals surface area contributed by atoms with Gasteiger partial charge in [-0.15, -0.1) is 0 Å². The molecule has 0 saturated heterocycles. The molecule has 2 aromatic carbocycles. The number of carbonyl (C=O) groups is 3. The van der Waals surface area contributed by atoms with Crippen molar-refractivity contribution in [3.8, 4) is 0 Å². The predicted molar refractivity (Wildman–Crippen MR) is 88.7 cm³/mol. The van der Waals surface area contributed by atoms with E-state index in [9.17, 15) is 14.4 Å². The van der Waals surface area contributed by atoms with Crippen molar-refractivity contribution in [2.45, 2.75) is 0 Å². The summed E-state index contributed by atoms with van der Waals surface area (Å²) in [5.41, 5.74) is 5.97. The molecule has 118 valence electrons. The molecule has 3 amide bonds. The summed E-state index contributed by atoms with van der Waals surface area (Å²) < 4.78 is 0. The largest absolute Gasteiger partial charge is 0.366 e. The molecule has 0 unspecified atom stereocenters. The quantitative estimate of drug-likeness (QED) is 0.740. The molecule has 0 aromatic heterocycles.